The Balaban J connectivity index is 2.07. The number of rotatable bonds is 3. The fourth-order valence-corrected chi connectivity index (χ4v) is 2.28. The summed E-state index contributed by atoms with van der Waals surface area (Å²) in [5, 5.41) is 0.686. The van der Waals surface area contributed by atoms with E-state index in [4.69, 9.17) is 16.3 Å². The average molecular weight is 312 g/mol. The first-order chi connectivity index (χ1) is 8.15. The lowest BCUT2D eigenvalue weighted by Gasteiger charge is -2.08. The van der Waals surface area contributed by atoms with Gasteiger partial charge in [0.05, 0.1) is 0 Å². The van der Waals surface area contributed by atoms with Crippen molar-refractivity contribution in [3.63, 3.8) is 0 Å². The van der Waals surface area contributed by atoms with E-state index < -0.39 is 0 Å². The van der Waals surface area contributed by atoms with Crippen molar-refractivity contribution in [2.75, 3.05) is 0 Å². The number of halogens is 2. The number of ether oxygens (including phenoxy) is 1. The summed E-state index contributed by atoms with van der Waals surface area (Å²) in [7, 11) is 0. The Morgan fingerprint density at radius 2 is 2.00 bits per heavy atom. The van der Waals surface area contributed by atoms with Gasteiger partial charge in [-0.1, -0.05) is 45.7 Å². The Kier molecular flexibility index (Phi) is 4.08. The molecule has 0 aliphatic heterocycles. The third-order valence-corrected chi connectivity index (χ3v) is 3.37. The van der Waals surface area contributed by atoms with Crippen molar-refractivity contribution >= 4 is 27.5 Å². The molecule has 0 aromatic heterocycles. The Bertz CT molecular complexity index is 525. The second kappa shape index (κ2) is 5.56. The van der Waals surface area contributed by atoms with E-state index in [1.807, 2.05) is 24.3 Å². The molecule has 0 radical (unpaired) electrons. The van der Waals surface area contributed by atoms with Gasteiger partial charge in [0, 0.05) is 15.1 Å². The molecule has 88 valence electrons. The highest BCUT2D eigenvalue weighted by Crippen LogP contribution is 2.22. The van der Waals surface area contributed by atoms with Crippen LogP contribution >= 0.6 is 27.5 Å². The van der Waals surface area contributed by atoms with Gasteiger partial charge in [-0.15, -0.1) is 0 Å². The van der Waals surface area contributed by atoms with Gasteiger partial charge in [-0.2, -0.15) is 0 Å². The molecular weight excluding hydrogens is 300 g/mol. The molecule has 0 heterocycles. The molecule has 0 saturated heterocycles. The lowest BCUT2D eigenvalue weighted by molar-refractivity contribution is 0.305. The zero-order chi connectivity index (χ0) is 12.3. The molecule has 2 aromatic rings. The predicted molar refractivity (Wildman–Crippen MR) is 74.7 cm³/mol. The quantitative estimate of drug-likeness (QED) is 0.776. The van der Waals surface area contributed by atoms with Gasteiger partial charge in [0.25, 0.3) is 0 Å². The fourth-order valence-electron chi connectivity index (χ4n) is 1.49. The molecule has 0 unspecified atom stereocenters. The number of hydrogen-bond acceptors (Lipinski definition) is 1. The normalized spacial score (nSPS) is 10.3. The van der Waals surface area contributed by atoms with Gasteiger partial charge in [-0.3, -0.25) is 0 Å². The van der Waals surface area contributed by atoms with E-state index in [1.165, 1.54) is 5.56 Å². The van der Waals surface area contributed by atoms with Crippen molar-refractivity contribution in [2.45, 2.75) is 13.5 Å². The van der Waals surface area contributed by atoms with Crippen LogP contribution in [0.1, 0.15) is 11.1 Å². The number of aryl methyl sites for hydroxylation is 1. The summed E-state index contributed by atoms with van der Waals surface area (Å²) in [6.45, 7) is 2.59. The van der Waals surface area contributed by atoms with Gasteiger partial charge in [-0.25, -0.2) is 0 Å². The van der Waals surface area contributed by atoms with Crippen LogP contribution in [-0.4, -0.2) is 0 Å². The molecule has 2 aromatic carbocycles. The molecule has 0 atom stereocenters. The van der Waals surface area contributed by atoms with Crippen LogP contribution in [-0.2, 0) is 6.61 Å². The summed E-state index contributed by atoms with van der Waals surface area (Å²) in [6.07, 6.45) is 0. The maximum atomic E-state index is 5.89. The van der Waals surface area contributed by atoms with E-state index in [0.29, 0.717) is 11.6 Å². The molecule has 0 saturated carbocycles. The fraction of sp³-hybridized carbons (Fsp3) is 0.143. The van der Waals surface area contributed by atoms with Crippen molar-refractivity contribution in [1.82, 2.24) is 0 Å². The highest BCUT2D eigenvalue weighted by molar-refractivity contribution is 9.10. The highest BCUT2D eigenvalue weighted by atomic mass is 79.9. The first-order valence-electron chi connectivity index (χ1n) is 5.28. The van der Waals surface area contributed by atoms with Crippen molar-refractivity contribution in [3.8, 4) is 5.75 Å². The van der Waals surface area contributed by atoms with E-state index in [0.717, 1.165) is 15.8 Å². The van der Waals surface area contributed by atoms with Crippen LogP contribution in [0.15, 0.2) is 46.9 Å². The molecule has 0 amide bonds. The van der Waals surface area contributed by atoms with Gasteiger partial charge in [-0.05, 0) is 36.8 Å². The summed E-state index contributed by atoms with van der Waals surface area (Å²) < 4.78 is 6.75. The second-order valence-corrected chi connectivity index (χ2v) is 5.13. The van der Waals surface area contributed by atoms with Crippen LogP contribution in [0.2, 0.25) is 5.02 Å². The first-order valence-corrected chi connectivity index (χ1v) is 6.45. The lowest BCUT2D eigenvalue weighted by atomic mass is 10.2. The first kappa shape index (κ1) is 12.5. The van der Waals surface area contributed by atoms with E-state index >= 15 is 0 Å². The second-order valence-electron chi connectivity index (χ2n) is 3.84. The third-order valence-electron chi connectivity index (χ3n) is 2.40. The standard InChI is InChI=1S/C14H12BrClO/c1-10-5-6-11(14(15)7-10)9-17-13-4-2-3-12(16)8-13/h2-8H,9H2,1H3. The summed E-state index contributed by atoms with van der Waals surface area (Å²) in [4.78, 5) is 0. The minimum absolute atomic E-state index is 0.529. The number of hydrogen-bond donors (Lipinski definition) is 0. The van der Waals surface area contributed by atoms with Crippen molar-refractivity contribution < 1.29 is 4.74 Å². The third kappa shape index (κ3) is 3.48. The van der Waals surface area contributed by atoms with Crippen LogP contribution in [0, 0.1) is 6.92 Å². The molecule has 0 bridgehead atoms. The van der Waals surface area contributed by atoms with Crippen molar-refractivity contribution in [3.05, 3.63) is 63.1 Å². The van der Waals surface area contributed by atoms with Gasteiger partial charge >= 0.3 is 0 Å². The SMILES string of the molecule is Cc1ccc(COc2cccc(Cl)c2)c(Br)c1. The van der Waals surface area contributed by atoms with Crippen molar-refractivity contribution in [1.29, 1.82) is 0 Å². The molecule has 0 spiro atoms. The maximum absolute atomic E-state index is 5.89. The summed E-state index contributed by atoms with van der Waals surface area (Å²) >= 11 is 9.42. The van der Waals surface area contributed by atoms with Crippen LogP contribution in [0.3, 0.4) is 0 Å². The summed E-state index contributed by atoms with van der Waals surface area (Å²) in [5.74, 6) is 0.782. The zero-order valence-corrected chi connectivity index (χ0v) is 11.8. The van der Waals surface area contributed by atoms with Crippen LogP contribution in [0.25, 0.3) is 0 Å². The molecule has 17 heavy (non-hydrogen) atoms. The van der Waals surface area contributed by atoms with Crippen molar-refractivity contribution in [2.24, 2.45) is 0 Å². The Hall–Kier alpha value is -0.990. The van der Waals surface area contributed by atoms with E-state index in [-0.39, 0.29) is 0 Å². The average Bonchev–Trinajstić information content (AvgIpc) is 2.28. The molecule has 1 nitrogen and oxygen atoms in total. The Morgan fingerprint density at radius 3 is 2.71 bits per heavy atom. The molecule has 0 aliphatic rings. The molecule has 2 rings (SSSR count). The van der Waals surface area contributed by atoms with Gasteiger partial charge < -0.3 is 4.74 Å². The van der Waals surface area contributed by atoms with Crippen LogP contribution in [0.4, 0.5) is 0 Å². The summed E-state index contributed by atoms with van der Waals surface area (Å²) in [6, 6.07) is 13.6. The van der Waals surface area contributed by atoms with E-state index in [2.05, 4.69) is 41.1 Å². The molecular formula is C14H12BrClO. The lowest BCUT2D eigenvalue weighted by Crippen LogP contribution is -1.96. The highest BCUT2D eigenvalue weighted by Gasteiger charge is 2.01. The number of benzene rings is 2. The van der Waals surface area contributed by atoms with E-state index in [9.17, 15) is 0 Å². The van der Waals surface area contributed by atoms with Gasteiger partial charge in [0.1, 0.15) is 12.4 Å². The minimum atomic E-state index is 0.529. The molecule has 0 N–H and O–H groups in total. The molecule has 0 fully saturated rings. The molecule has 0 aliphatic carbocycles. The Morgan fingerprint density at radius 1 is 1.18 bits per heavy atom. The van der Waals surface area contributed by atoms with Crippen LogP contribution < -0.4 is 4.74 Å². The zero-order valence-electron chi connectivity index (χ0n) is 9.41. The van der Waals surface area contributed by atoms with Gasteiger partial charge in [0.15, 0.2) is 0 Å². The predicted octanol–water partition coefficient (Wildman–Crippen LogP) is 4.99. The minimum Gasteiger partial charge on any atom is -0.489 e. The van der Waals surface area contributed by atoms with E-state index in [1.54, 1.807) is 0 Å². The molecule has 3 heteroatoms. The Labute approximate surface area is 115 Å². The van der Waals surface area contributed by atoms with Gasteiger partial charge in [0.2, 0.25) is 0 Å². The van der Waals surface area contributed by atoms with Crippen LogP contribution in [0.5, 0.6) is 5.75 Å². The monoisotopic (exact) mass is 310 g/mol. The maximum Gasteiger partial charge on any atom is 0.121 e. The smallest absolute Gasteiger partial charge is 0.121 e. The summed E-state index contributed by atoms with van der Waals surface area (Å²) in [5.41, 5.74) is 2.35. The largest absolute Gasteiger partial charge is 0.489 e. The topological polar surface area (TPSA) is 9.23 Å².